The number of ether oxygens (including phenoxy) is 2. The van der Waals surface area contributed by atoms with Crippen LogP contribution in [0.25, 0.3) is 0 Å². The number of esters is 2. The smallest absolute Gasteiger partial charge is 0.331 e. The maximum atomic E-state index is 12.6. The zero-order chi connectivity index (χ0) is 25.2. The van der Waals surface area contributed by atoms with Crippen LogP contribution in [0.2, 0.25) is 0 Å². The van der Waals surface area contributed by atoms with Crippen molar-refractivity contribution in [2.24, 2.45) is 0 Å². The molecule has 0 aliphatic heterocycles. The molecular formula is C18H32N2O11S. The van der Waals surface area contributed by atoms with Crippen LogP contribution in [-0.4, -0.2) is 78.9 Å². The van der Waals surface area contributed by atoms with E-state index in [2.05, 4.69) is 4.84 Å². The van der Waals surface area contributed by atoms with E-state index in [1.54, 1.807) is 41.5 Å². The van der Waals surface area contributed by atoms with E-state index in [0.29, 0.717) is 5.06 Å². The van der Waals surface area contributed by atoms with Gasteiger partial charge in [-0.1, -0.05) is 0 Å². The van der Waals surface area contributed by atoms with Gasteiger partial charge in [0, 0.05) is 6.42 Å². The van der Waals surface area contributed by atoms with Crippen LogP contribution in [0.15, 0.2) is 0 Å². The summed E-state index contributed by atoms with van der Waals surface area (Å²) in [7, 11) is -3.79. The molecule has 0 aromatic heterocycles. The van der Waals surface area contributed by atoms with Crippen LogP contribution < -0.4 is 0 Å². The summed E-state index contributed by atoms with van der Waals surface area (Å²) in [6.07, 6.45) is -0.157. The molecule has 13 nitrogen and oxygen atoms in total. The minimum Gasteiger partial charge on any atom is -0.463 e. The Morgan fingerprint density at radius 1 is 1.06 bits per heavy atom. The quantitative estimate of drug-likeness (QED) is 0.148. The first-order valence-corrected chi connectivity index (χ1v) is 11.6. The summed E-state index contributed by atoms with van der Waals surface area (Å²) in [5.41, 5.74) is -1.60. The lowest BCUT2D eigenvalue weighted by Gasteiger charge is -2.31. The molecule has 0 radical (unpaired) electrons. The Hall–Kier alpha value is -2.48. The monoisotopic (exact) mass is 484 g/mol. The first-order chi connectivity index (χ1) is 14.5. The highest BCUT2D eigenvalue weighted by Crippen LogP contribution is 2.17. The van der Waals surface area contributed by atoms with Gasteiger partial charge in [-0.3, -0.25) is 14.4 Å². The van der Waals surface area contributed by atoms with Crippen LogP contribution in [0.5, 0.6) is 0 Å². The standard InChI is InChI=1S/C18H32N2O11S/c1-17(2,3)30-15(22)8-7-14(19(13-21)31-18(4,5)6)16(23)28-9-11-32(26,27)12-10-29-20(24)25/h13-14H,7-12H2,1-6H3/t14-/m0/s1. The predicted octanol–water partition coefficient (Wildman–Crippen LogP) is 0.832. The van der Waals surface area contributed by atoms with Crippen molar-refractivity contribution in [2.45, 2.75) is 71.6 Å². The van der Waals surface area contributed by atoms with Crippen LogP contribution in [0.4, 0.5) is 0 Å². The molecule has 1 atom stereocenters. The molecule has 0 rings (SSSR count). The maximum Gasteiger partial charge on any atom is 0.331 e. The Bertz CT molecular complexity index is 754. The summed E-state index contributed by atoms with van der Waals surface area (Å²) in [5, 5.41) is 9.68. The number of hydrogen-bond donors (Lipinski definition) is 0. The average molecular weight is 485 g/mol. The van der Waals surface area contributed by atoms with E-state index < -0.39 is 68.8 Å². The number of hydrogen-bond acceptors (Lipinski definition) is 11. The van der Waals surface area contributed by atoms with Gasteiger partial charge in [-0.2, -0.15) is 0 Å². The fourth-order valence-corrected chi connectivity index (χ4v) is 3.05. The first kappa shape index (κ1) is 29.5. The number of hydroxylamine groups is 2. The highest BCUT2D eigenvalue weighted by Gasteiger charge is 2.32. The Kier molecular flexibility index (Phi) is 11.6. The van der Waals surface area contributed by atoms with E-state index in [9.17, 15) is 32.9 Å². The molecule has 0 aromatic rings. The summed E-state index contributed by atoms with van der Waals surface area (Å²) >= 11 is 0. The number of carbonyl (C=O) groups is 3. The van der Waals surface area contributed by atoms with Gasteiger partial charge in [-0.25, -0.2) is 18.3 Å². The number of amides is 1. The fraction of sp³-hybridized carbons (Fsp3) is 0.833. The number of sulfone groups is 1. The van der Waals surface area contributed by atoms with Crippen molar-refractivity contribution in [3.63, 3.8) is 0 Å². The summed E-state index contributed by atoms with van der Waals surface area (Å²) in [5.74, 6) is -2.84. The molecule has 0 aliphatic carbocycles. The van der Waals surface area contributed by atoms with Crippen LogP contribution in [-0.2, 0) is 43.4 Å². The Balaban J connectivity index is 5.11. The zero-order valence-corrected chi connectivity index (χ0v) is 20.0. The molecule has 0 fully saturated rings. The van der Waals surface area contributed by atoms with Gasteiger partial charge in [0.15, 0.2) is 15.9 Å². The number of nitrogens with zero attached hydrogens (tertiary/aromatic N) is 2. The molecule has 32 heavy (non-hydrogen) atoms. The molecule has 14 heteroatoms. The van der Waals surface area contributed by atoms with Crippen LogP contribution >= 0.6 is 0 Å². The third-order valence-corrected chi connectivity index (χ3v) is 4.91. The predicted molar refractivity (Wildman–Crippen MR) is 110 cm³/mol. The molecule has 0 bridgehead atoms. The molecule has 1 amide bonds. The molecule has 0 spiro atoms. The Morgan fingerprint density at radius 2 is 1.62 bits per heavy atom. The Morgan fingerprint density at radius 3 is 2.09 bits per heavy atom. The second-order valence-electron chi connectivity index (χ2n) is 8.69. The normalized spacial score (nSPS) is 13.1. The van der Waals surface area contributed by atoms with Crippen LogP contribution in [0, 0.1) is 10.1 Å². The topological polar surface area (TPSA) is 169 Å². The third kappa shape index (κ3) is 14.5. The summed E-state index contributed by atoms with van der Waals surface area (Å²) in [6, 6.07) is -1.33. The van der Waals surface area contributed by atoms with E-state index in [4.69, 9.17) is 14.3 Å². The van der Waals surface area contributed by atoms with Crippen molar-refractivity contribution < 1.29 is 47.0 Å². The lowest BCUT2D eigenvalue weighted by Crippen LogP contribution is -2.46. The third-order valence-electron chi connectivity index (χ3n) is 3.33. The van der Waals surface area contributed by atoms with E-state index in [1.165, 1.54) is 0 Å². The lowest BCUT2D eigenvalue weighted by atomic mass is 10.1. The lowest BCUT2D eigenvalue weighted by molar-refractivity contribution is -0.756. The second kappa shape index (κ2) is 12.5. The van der Waals surface area contributed by atoms with Crippen molar-refractivity contribution >= 4 is 28.2 Å². The van der Waals surface area contributed by atoms with Gasteiger partial charge >= 0.3 is 11.9 Å². The van der Waals surface area contributed by atoms with Crippen LogP contribution in [0.3, 0.4) is 0 Å². The summed E-state index contributed by atoms with van der Waals surface area (Å²) < 4.78 is 33.8. The number of rotatable bonds is 14. The van der Waals surface area contributed by atoms with Gasteiger partial charge in [0.1, 0.15) is 18.8 Å². The van der Waals surface area contributed by atoms with E-state index >= 15 is 0 Å². The first-order valence-electron chi connectivity index (χ1n) is 9.75. The van der Waals surface area contributed by atoms with Crippen molar-refractivity contribution in [1.82, 2.24) is 5.06 Å². The van der Waals surface area contributed by atoms with Gasteiger partial charge in [0.25, 0.3) is 5.09 Å². The van der Waals surface area contributed by atoms with E-state index in [1.807, 2.05) is 0 Å². The second-order valence-corrected chi connectivity index (χ2v) is 11.0. The minimum atomic E-state index is -3.79. The maximum absolute atomic E-state index is 12.6. The van der Waals surface area contributed by atoms with Crippen molar-refractivity contribution in [1.29, 1.82) is 0 Å². The minimum absolute atomic E-state index is 0.189. The van der Waals surface area contributed by atoms with Gasteiger partial charge in [-0.15, -0.1) is 10.1 Å². The molecule has 0 saturated heterocycles. The molecule has 0 heterocycles. The largest absolute Gasteiger partial charge is 0.463 e. The fourth-order valence-electron chi connectivity index (χ4n) is 2.18. The van der Waals surface area contributed by atoms with Crippen molar-refractivity contribution in [2.75, 3.05) is 24.7 Å². The molecule has 0 aliphatic rings. The number of carbonyl (C=O) groups excluding carboxylic acids is 3. The van der Waals surface area contributed by atoms with E-state index in [0.717, 1.165) is 0 Å². The molecule has 0 unspecified atom stereocenters. The molecule has 0 aromatic carbocycles. The van der Waals surface area contributed by atoms with Gasteiger partial charge in [0.2, 0.25) is 6.41 Å². The SMILES string of the molecule is CC(C)(C)OC(=O)CC[C@@H](C(=O)OCCS(=O)(=O)CCO[N+](=O)[O-])N(C=O)OC(C)(C)C. The Labute approximate surface area is 187 Å². The molecule has 0 saturated carbocycles. The highest BCUT2D eigenvalue weighted by molar-refractivity contribution is 7.91. The van der Waals surface area contributed by atoms with Gasteiger partial charge in [-0.05, 0) is 48.0 Å². The average Bonchev–Trinajstić information content (AvgIpc) is 2.57. The van der Waals surface area contributed by atoms with Crippen molar-refractivity contribution in [3.8, 4) is 0 Å². The highest BCUT2D eigenvalue weighted by atomic mass is 32.2. The van der Waals surface area contributed by atoms with Crippen LogP contribution in [0.1, 0.15) is 54.4 Å². The zero-order valence-electron chi connectivity index (χ0n) is 19.2. The van der Waals surface area contributed by atoms with Crippen molar-refractivity contribution in [3.05, 3.63) is 10.1 Å². The summed E-state index contributed by atoms with van der Waals surface area (Å²) in [4.78, 5) is 55.6. The van der Waals surface area contributed by atoms with Gasteiger partial charge < -0.3 is 14.3 Å². The van der Waals surface area contributed by atoms with E-state index in [-0.39, 0.29) is 19.3 Å². The molecular weight excluding hydrogens is 452 g/mol. The molecule has 0 N–H and O–H groups in total. The summed E-state index contributed by atoms with van der Waals surface area (Å²) in [6.45, 7) is 8.72. The molecule has 186 valence electrons. The van der Waals surface area contributed by atoms with Gasteiger partial charge in [0.05, 0.1) is 17.1 Å².